The number of benzene rings is 3. The van der Waals surface area contributed by atoms with Gasteiger partial charge in [-0.05, 0) is 47.0 Å². The Morgan fingerprint density at radius 2 is 1.83 bits per heavy atom. The van der Waals surface area contributed by atoms with Crippen molar-refractivity contribution in [3.8, 4) is 17.6 Å². The number of para-hydroxylation sites is 1. The van der Waals surface area contributed by atoms with Crippen LogP contribution in [-0.4, -0.2) is 13.1 Å². The maximum Gasteiger partial charge on any atom is 0.168 e. The van der Waals surface area contributed by atoms with E-state index in [0.29, 0.717) is 33.2 Å². The highest BCUT2D eigenvalue weighted by Crippen LogP contribution is 2.34. The van der Waals surface area contributed by atoms with Crippen LogP contribution in [0, 0.1) is 11.3 Å². The lowest BCUT2D eigenvalue weighted by atomic mass is 10.0. The number of nitriles is 1. The molecule has 0 spiro atoms. The number of carbonyl (C=O) groups excluding carboxylic acids is 1. The fourth-order valence-corrected chi connectivity index (χ4v) is 3.00. The first kappa shape index (κ1) is 21.0. The van der Waals surface area contributed by atoms with E-state index in [9.17, 15) is 15.2 Å². The number of ether oxygens (including phenoxy) is 2. The Kier molecular flexibility index (Phi) is 6.74. The average Bonchev–Trinajstić information content (AvgIpc) is 2.77. The number of rotatable bonds is 7. The Morgan fingerprint density at radius 3 is 2.50 bits per heavy atom. The maximum absolute atomic E-state index is 11.1. The summed E-state index contributed by atoms with van der Waals surface area (Å²) in [6.45, 7) is 0.116. The van der Waals surface area contributed by atoms with Crippen molar-refractivity contribution in [1.29, 1.82) is 5.26 Å². The van der Waals surface area contributed by atoms with Gasteiger partial charge in [0.15, 0.2) is 11.5 Å². The van der Waals surface area contributed by atoms with Gasteiger partial charge in [-0.3, -0.25) is 0 Å². The van der Waals surface area contributed by atoms with Gasteiger partial charge >= 0.3 is 0 Å². The number of halogens is 1. The minimum Gasteiger partial charge on any atom is -0.545 e. The van der Waals surface area contributed by atoms with Gasteiger partial charge in [-0.2, -0.15) is 5.26 Å². The fraction of sp³-hybridized carbons (Fsp3) is 0.0833. The van der Waals surface area contributed by atoms with Gasteiger partial charge in [-0.15, -0.1) is 0 Å². The molecule has 0 amide bonds. The van der Waals surface area contributed by atoms with Crippen LogP contribution in [0.1, 0.15) is 27.0 Å². The molecule has 3 aromatic carbocycles. The van der Waals surface area contributed by atoms with Gasteiger partial charge < -0.3 is 19.4 Å². The first-order valence-corrected chi connectivity index (χ1v) is 9.37. The molecule has 6 heteroatoms. The zero-order valence-electron chi connectivity index (χ0n) is 16.1. The van der Waals surface area contributed by atoms with Crippen molar-refractivity contribution in [2.75, 3.05) is 7.11 Å². The van der Waals surface area contributed by atoms with Crippen LogP contribution in [0.25, 0.3) is 11.6 Å². The summed E-state index contributed by atoms with van der Waals surface area (Å²) in [5.74, 6) is -0.312. The van der Waals surface area contributed by atoms with Gasteiger partial charge in [-0.25, -0.2) is 0 Å². The second-order valence-electron chi connectivity index (χ2n) is 6.33. The van der Waals surface area contributed by atoms with Crippen molar-refractivity contribution in [1.82, 2.24) is 0 Å². The molecule has 0 saturated carbocycles. The minimum atomic E-state index is -1.25. The molecule has 30 heavy (non-hydrogen) atoms. The zero-order valence-corrected chi connectivity index (χ0v) is 16.8. The SMILES string of the molecule is COc1cccc(/C=C(\C#N)c2ccc(Cl)cc2)c1OCc1cccc(C(=O)[O-])c1. The van der Waals surface area contributed by atoms with Crippen molar-refractivity contribution >= 4 is 29.2 Å². The highest BCUT2D eigenvalue weighted by molar-refractivity contribution is 6.30. The first-order chi connectivity index (χ1) is 14.5. The largest absolute Gasteiger partial charge is 0.545 e. The van der Waals surface area contributed by atoms with E-state index >= 15 is 0 Å². The van der Waals surface area contributed by atoms with Crippen LogP contribution in [0.3, 0.4) is 0 Å². The molecule has 0 saturated heterocycles. The third-order valence-electron chi connectivity index (χ3n) is 4.35. The molecule has 0 aliphatic rings. The Morgan fingerprint density at radius 1 is 1.10 bits per heavy atom. The number of allylic oxidation sites excluding steroid dienone is 1. The molecule has 0 fully saturated rings. The monoisotopic (exact) mass is 418 g/mol. The Bertz CT molecular complexity index is 1130. The second-order valence-corrected chi connectivity index (χ2v) is 6.77. The van der Waals surface area contributed by atoms with Gasteiger partial charge in [0.05, 0.1) is 24.7 Å². The smallest absolute Gasteiger partial charge is 0.168 e. The third-order valence-corrected chi connectivity index (χ3v) is 4.60. The van der Waals surface area contributed by atoms with Gasteiger partial charge in [0.1, 0.15) is 6.61 Å². The fourth-order valence-electron chi connectivity index (χ4n) is 2.87. The van der Waals surface area contributed by atoms with E-state index in [-0.39, 0.29) is 12.2 Å². The predicted octanol–water partition coefficient (Wildman–Crippen LogP) is 4.36. The van der Waals surface area contributed by atoms with E-state index in [1.54, 1.807) is 54.6 Å². The third kappa shape index (κ3) is 4.99. The van der Waals surface area contributed by atoms with Crippen molar-refractivity contribution in [3.05, 3.63) is 94.0 Å². The van der Waals surface area contributed by atoms with E-state index in [1.165, 1.54) is 19.2 Å². The van der Waals surface area contributed by atoms with Crippen molar-refractivity contribution in [2.45, 2.75) is 6.61 Å². The van der Waals surface area contributed by atoms with Gasteiger partial charge in [-0.1, -0.05) is 54.1 Å². The van der Waals surface area contributed by atoms with Gasteiger partial charge in [0.25, 0.3) is 0 Å². The molecule has 0 atom stereocenters. The number of aromatic carboxylic acids is 1. The topological polar surface area (TPSA) is 82.4 Å². The summed E-state index contributed by atoms with van der Waals surface area (Å²) >= 11 is 5.94. The average molecular weight is 419 g/mol. The lowest BCUT2D eigenvalue weighted by molar-refractivity contribution is -0.255. The number of hydrogen-bond donors (Lipinski definition) is 0. The molecule has 3 aromatic rings. The molecule has 0 heterocycles. The summed E-state index contributed by atoms with van der Waals surface area (Å²) < 4.78 is 11.4. The Balaban J connectivity index is 1.95. The van der Waals surface area contributed by atoms with E-state index in [2.05, 4.69) is 6.07 Å². The van der Waals surface area contributed by atoms with Crippen LogP contribution in [0.15, 0.2) is 66.7 Å². The quantitative estimate of drug-likeness (QED) is 0.420. The molecule has 0 aliphatic heterocycles. The summed E-state index contributed by atoms with van der Waals surface area (Å²) in [5.41, 5.74) is 2.54. The molecule has 3 rings (SSSR count). The minimum absolute atomic E-state index is 0.0748. The van der Waals surface area contributed by atoms with Crippen LogP contribution in [0.4, 0.5) is 0 Å². The second kappa shape index (κ2) is 9.64. The van der Waals surface area contributed by atoms with Gasteiger partial charge in [0.2, 0.25) is 0 Å². The Hall–Kier alpha value is -3.75. The molecule has 0 aromatic heterocycles. The summed E-state index contributed by atoms with van der Waals surface area (Å²) in [6.07, 6.45) is 1.71. The standard InChI is InChI=1S/C24H18ClNO4/c1-29-22-7-3-5-18(13-20(14-26)17-8-10-21(25)11-9-17)23(22)30-15-16-4-2-6-19(12-16)24(27)28/h2-13H,15H2,1H3,(H,27,28)/p-1/b20-13+. The van der Waals surface area contributed by atoms with E-state index in [1.807, 2.05) is 6.07 Å². The molecular formula is C24H17ClNO4-. The molecule has 0 N–H and O–H groups in total. The molecule has 0 radical (unpaired) electrons. The summed E-state index contributed by atoms with van der Waals surface area (Å²) in [4.78, 5) is 11.1. The zero-order chi connectivity index (χ0) is 21.5. The maximum atomic E-state index is 11.1. The highest BCUT2D eigenvalue weighted by Gasteiger charge is 2.12. The van der Waals surface area contributed by atoms with Crippen LogP contribution in [-0.2, 0) is 6.61 Å². The number of carbonyl (C=O) groups is 1. The molecule has 150 valence electrons. The number of nitrogens with zero attached hydrogens (tertiary/aromatic N) is 1. The van der Waals surface area contributed by atoms with Crippen LogP contribution in [0.5, 0.6) is 11.5 Å². The molecular weight excluding hydrogens is 402 g/mol. The summed E-state index contributed by atoms with van der Waals surface area (Å²) in [5, 5.41) is 21.3. The Labute approximate surface area is 179 Å². The van der Waals surface area contributed by atoms with Crippen LogP contribution < -0.4 is 14.6 Å². The molecule has 0 unspecified atom stereocenters. The highest BCUT2D eigenvalue weighted by atomic mass is 35.5. The van der Waals surface area contributed by atoms with Crippen molar-refractivity contribution < 1.29 is 19.4 Å². The van der Waals surface area contributed by atoms with Crippen LogP contribution in [0.2, 0.25) is 5.02 Å². The molecule has 0 aliphatic carbocycles. The van der Waals surface area contributed by atoms with E-state index in [4.69, 9.17) is 21.1 Å². The number of hydrogen-bond acceptors (Lipinski definition) is 5. The predicted molar refractivity (Wildman–Crippen MR) is 113 cm³/mol. The van der Waals surface area contributed by atoms with E-state index in [0.717, 1.165) is 5.56 Å². The number of carboxylic acids is 1. The van der Waals surface area contributed by atoms with Crippen molar-refractivity contribution in [3.63, 3.8) is 0 Å². The number of carboxylic acid groups (broad SMARTS) is 1. The van der Waals surface area contributed by atoms with E-state index < -0.39 is 5.97 Å². The molecule has 0 bridgehead atoms. The molecule has 5 nitrogen and oxygen atoms in total. The van der Waals surface area contributed by atoms with Gasteiger partial charge in [0, 0.05) is 10.6 Å². The van der Waals surface area contributed by atoms with Crippen molar-refractivity contribution in [2.24, 2.45) is 0 Å². The van der Waals surface area contributed by atoms with Crippen LogP contribution >= 0.6 is 11.6 Å². The summed E-state index contributed by atoms with van der Waals surface area (Å²) in [7, 11) is 1.52. The first-order valence-electron chi connectivity index (χ1n) is 8.99. The lowest BCUT2D eigenvalue weighted by Gasteiger charge is -2.14. The normalized spacial score (nSPS) is 10.9. The number of methoxy groups -OCH3 is 1. The lowest BCUT2D eigenvalue weighted by Crippen LogP contribution is -2.22. The summed E-state index contributed by atoms with van der Waals surface area (Å²) in [6, 6.07) is 20.9.